The van der Waals surface area contributed by atoms with E-state index in [9.17, 15) is 5.11 Å². The average Bonchev–Trinajstić information content (AvgIpc) is 2.76. The maximum Gasteiger partial charge on any atom is 0.194 e. The summed E-state index contributed by atoms with van der Waals surface area (Å²) in [6, 6.07) is 1.88. The fourth-order valence-electron chi connectivity index (χ4n) is 1.35. The van der Waals surface area contributed by atoms with Crippen molar-refractivity contribution < 1.29 is 5.11 Å². The second kappa shape index (κ2) is 3.82. The molecule has 0 saturated heterocycles. The summed E-state index contributed by atoms with van der Waals surface area (Å²) in [5.74, 6) is 0.658. The van der Waals surface area contributed by atoms with E-state index in [0.717, 1.165) is 5.56 Å². The summed E-state index contributed by atoms with van der Waals surface area (Å²) < 4.78 is 1.92. The van der Waals surface area contributed by atoms with Crippen molar-refractivity contribution in [2.75, 3.05) is 0 Å². The fourth-order valence-corrected chi connectivity index (χ4v) is 1.35. The zero-order valence-corrected chi connectivity index (χ0v) is 8.70. The molecule has 0 aliphatic heterocycles. The van der Waals surface area contributed by atoms with E-state index in [2.05, 4.69) is 15.4 Å². The topological polar surface area (TPSA) is 68.8 Å². The molecule has 2 heterocycles. The van der Waals surface area contributed by atoms with Crippen molar-refractivity contribution in [2.24, 2.45) is 7.05 Å². The number of hydrogen-bond acceptors (Lipinski definition) is 4. The molecule has 80 valence electrons. The molecule has 0 aliphatic rings. The number of nitrogens with zero attached hydrogens (tertiary/aromatic N) is 5. The van der Waals surface area contributed by atoms with Crippen LogP contribution in [-0.4, -0.2) is 29.9 Å². The zero-order valence-electron chi connectivity index (χ0n) is 8.70. The summed E-state index contributed by atoms with van der Waals surface area (Å²) in [5.41, 5.74) is 0.888. The summed E-state index contributed by atoms with van der Waals surface area (Å²) in [5, 5.41) is 21.0. The second-order valence-electron chi connectivity index (χ2n) is 3.49. The summed E-state index contributed by atoms with van der Waals surface area (Å²) >= 11 is 0. The Bertz CT molecular complexity index is 445. The van der Waals surface area contributed by atoms with Gasteiger partial charge in [-0.25, -0.2) is 0 Å². The monoisotopic (exact) mass is 207 g/mol. The molecule has 1 atom stereocenters. The lowest BCUT2D eigenvalue weighted by atomic mass is 10.2. The molecule has 0 aromatic carbocycles. The van der Waals surface area contributed by atoms with Gasteiger partial charge in [-0.1, -0.05) is 0 Å². The molecule has 0 saturated carbocycles. The lowest BCUT2D eigenvalue weighted by molar-refractivity contribution is 0.199. The number of aromatic nitrogens is 5. The molecule has 2 aromatic rings. The Morgan fingerprint density at radius 3 is 2.87 bits per heavy atom. The van der Waals surface area contributed by atoms with E-state index >= 15 is 0 Å². The molecule has 6 heteroatoms. The SMILES string of the molecule is CC(O)c1ccn(Cc2nnn(C)n2)c1. The molecule has 0 spiro atoms. The molecule has 0 radical (unpaired) electrons. The lowest BCUT2D eigenvalue weighted by Gasteiger charge is -1.99. The third kappa shape index (κ3) is 2.21. The third-order valence-electron chi connectivity index (χ3n) is 2.13. The largest absolute Gasteiger partial charge is 0.389 e. The first kappa shape index (κ1) is 9.85. The van der Waals surface area contributed by atoms with Crippen LogP contribution in [0, 0.1) is 0 Å². The Morgan fingerprint density at radius 1 is 1.53 bits per heavy atom. The first-order valence-corrected chi connectivity index (χ1v) is 4.72. The zero-order chi connectivity index (χ0) is 10.8. The molecule has 6 nitrogen and oxygen atoms in total. The van der Waals surface area contributed by atoms with Gasteiger partial charge in [-0.15, -0.1) is 10.2 Å². The van der Waals surface area contributed by atoms with Crippen LogP contribution in [-0.2, 0) is 13.6 Å². The third-order valence-corrected chi connectivity index (χ3v) is 2.13. The maximum absolute atomic E-state index is 9.35. The van der Waals surface area contributed by atoms with Crippen molar-refractivity contribution in [1.29, 1.82) is 0 Å². The molecule has 0 aliphatic carbocycles. The normalized spacial score (nSPS) is 13.0. The van der Waals surface area contributed by atoms with Gasteiger partial charge in [0.05, 0.1) is 19.7 Å². The van der Waals surface area contributed by atoms with Crippen molar-refractivity contribution in [1.82, 2.24) is 24.8 Å². The van der Waals surface area contributed by atoms with Gasteiger partial charge in [-0.2, -0.15) is 4.80 Å². The van der Waals surface area contributed by atoms with Gasteiger partial charge in [0.25, 0.3) is 0 Å². The van der Waals surface area contributed by atoms with E-state index in [1.54, 1.807) is 14.0 Å². The van der Waals surface area contributed by atoms with Crippen molar-refractivity contribution in [3.8, 4) is 0 Å². The fraction of sp³-hybridized carbons (Fsp3) is 0.444. The minimum atomic E-state index is -0.443. The van der Waals surface area contributed by atoms with E-state index in [1.165, 1.54) is 4.80 Å². The molecular weight excluding hydrogens is 194 g/mol. The molecule has 15 heavy (non-hydrogen) atoms. The van der Waals surface area contributed by atoms with Crippen LogP contribution in [0.4, 0.5) is 0 Å². The van der Waals surface area contributed by atoms with Gasteiger partial charge in [-0.3, -0.25) is 0 Å². The molecule has 1 unspecified atom stereocenters. The van der Waals surface area contributed by atoms with Crippen LogP contribution in [0.15, 0.2) is 18.5 Å². The first-order chi connectivity index (χ1) is 7.15. The molecular formula is C9H13N5O. The second-order valence-corrected chi connectivity index (χ2v) is 3.49. The van der Waals surface area contributed by atoms with Crippen molar-refractivity contribution in [2.45, 2.75) is 19.6 Å². The minimum absolute atomic E-state index is 0.443. The number of aryl methyl sites for hydroxylation is 1. The van der Waals surface area contributed by atoms with Crippen LogP contribution in [0.5, 0.6) is 0 Å². The van der Waals surface area contributed by atoms with Crippen LogP contribution in [0.3, 0.4) is 0 Å². The Kier molecular flexibility index (Phi) is 2.51. The van der Waals surface area contributed by atoms with Gasteiger partial charge >= 0.3 is 0 Å². The Morgan fingerprint density at radius 2 is 2.33 bits per heavy atom. The molecule has 2 aromatic heterocycles. The first-order valence-electron chi connectivity index (χ1n) is 4.72. The van der Waals surface area contributed by atoms with Crippen LogP contribution in [0.2, 0.25) is 0 Å². The van der Waals surface area contributed by atoms with Gasteiger partial charge in [0, 0.05) is 12.4 Å². The standard InChI is InChI=1S/C9H13N5O/c1-7(15)8-3-4-14(5-8)6-9-10-12-13(2)11-9/h3-5,7,15H,6H2,1-2H3. The highest BCUT2D eigenvalue weighted by atomic mass is 16.3. The summed E-state index contributed by atoms with van der Waals surface area (Å²) in [7, 11) is 1.73. The highest BCUT2D eigenvalue weighted by molar-refractivity contribution is 5.13. The highest BCUT2D eigenvalue weighted by Gasteiger charge is 2.05. The van der Waals surface area contributed by atoms with E-state index in [-0.39, 0.29) is 0 Å². The van der Waals surface area contributed by atoms with E-state index in [1.807, 2.05) is 23.0 Å². The molecule has 1 N–H and O–H groups in total. The minimum Gasteiger partial charge on any atom is -0.389 e. The predicted octanol–water partition coefficient (Wildman–Crippen LogP) is 0.113. The predicted molar refractivity (Wildman–Crippen MR) is 53.0 cm³/mol. The van der Waals surface area contributed by atoms with Gasteiger partial charge in [-0.05, 0) is 23.8 Å². The van der Waals surface area contributed by atoms with Crippen LogP contribution >= 0.6 is 0 Å². The number of tetrazole rings is 1. The number of aliphatic hydroxyl groups is 1. The molecule has 2 rings (SSSR count). The summed E-state index contributed by atoms with van der Waals surface area (Å²) in [6.45, 7) is 2.31. The van der Waals surface area contributed by atoms with Gasteiger partial charge in [0.2, 0.25) is 0 Å². The Hall–Kier alpha value is -1.69. The lowest BCUT2D eigenvalue weighted by Crippen LogP contribution is -2.00. The van der Waals surface area contributed by atoms with Crippen LogP contribution in [0.25, 0.3) is 0 Å². The smallest absolute Gasteiger partial charge is 0.194 e. The number of rotatable bonds is 3. The molecule has 0 fully saturated rings. The summed E-state index contributed by atoms with van der Waals surface area (Å²) in [6.07, 6.45) is 3.32. The Labute approximate surface area is 87.1 Å². The summed E-state index contributed by atoms with van der Waals surface area (Å²) in [4.78, 5) is 1.43. The highest BCUT2D eigenvalue weighted by Crippen LogP contribution is 2.12. The van der Waals surface area contributed by atoms with E-state index in [0.29, 0.717) is 12.4 Å². The quantitative estimate of drug-likeness (QED) is 0.775. The van der Waals surface area contributed by atoms with Crippen molar-refractivity contribution >= 4 is 0 Å². The molecule has 0 bridgehead atoms. The van der Waals surface area contributed by atoms with Gasteiger partial charge < -0.3 is 9.67 Å². The average molecular weight is 207 g/mol. The number of hydrogen-bond donors (Lipinski definition) is 1. The van der Waals surface area contributed by atoms with Crippen molar-refractivity contribution in [3.05, 3.63) is 29.8 Å². The van der Waals surface area contributed by atoms with E-state index < -0.39 is 6.10 Å². The van der Waals surface area contributed by atoms with E-state index in [4.69, 9.17) is 0 Å². The van der Waals surface area contributed by atoms with Crippen LogP contribution in [0.1, 0.15) is 24.4 Å². The Balaban J connectivity index is 2.11. The van der Waals surface area contributed by atoms with Crippen molar-refractivity contribution in [3.63, 3.8) is 0 Å². The van der Waals surface area contributed by atoms with Gasteiger partial charge in [0.15, 0.2) is 5.82 Å². The molecule has 0 amide bonds. The van der Waals surface area contributed by atoms with Crippen LogP contribution < -0.4 is 0 Å². The number of aliphatic hydroxyl groups excluding tert-OH is 1. The van der Waals surface area contributed by atoms with Gasteiger partial charge in [0.1, 0.15) is 0 Å². The maximum atomic E-state index is 9.35.